The lowest BCUT2D eigenvalue weighted by Gasteiger charge is -2.11. The lowest BCUT2D eigenvalue weighted by atomic mass is 10.1. The number of alkyl halides is 3. The fourth-order valence-corrected chi connectivity index (χ4v) is 3.78. The van der Waals surface area contributed by atoms with Gasteiger partial charge >= 0.3 is 6.18 Å². The molecule has 2 aromatic carbocycles. The summed E-state index contributed by atoms with van der Waals surface area (Å²) in [7, 11) is 0. The molecule has 1 saturated heterocycles. The third-order valence-electron chi connectivity index (χ3n) is 5.31. The first-order valence-corrected chi connectivity index (χ1v) is 9.79. The van der Waals surface area contributed by atoms with Crippen molar-refractivity contribution < 1.29 is 17.9 Å². The fraction of sp³-hybridized carbons (Fsp3) is 0.304. The molecule has 4 rings (SSSR count). The van der Waals surface area contributed by atoms with Gasteiger partial charge < -0.3 is 10.1 Å². The molecule has 0 aliphatic carbocycles. The second kappa shape index (κ2) is 8.53. The van der Waals surface area contributed by atoms with Crippen LogP contribution in [0.1, 0.15) is 23.1 Å². The Kier molecular flexibility index (Phi) is 5.83. The van der Waals surface area contributed by atoms with E-state index in [1.807, 2.05) is 30.3 Å². The Hall–Kier alpha value is -2.77. The van der Waals surface area contributed by atoms with Crippen molar-refractivity contribution in [3.8, 4) is 0 Å². The van der Waals surface area contributed by atoms with E-state index in [4.69, 9.17) is 4.74 Å². The van der Waals surface area contributed by atoms with Gasteiger partial charge in [0.15, 0.2) is 0 Å². The van der Waals surface area contributed by atoms with E-state index in [9.17, 15) is 18.0 Å². The predicted octanol–water partition coefficient (Wildman–Crippen LogP) is 4.10. The third-order valence-corrected chi connectivity index (χ3v) is 5.31. The molecule has 0 saturated carbocycles. The van der Waals surface area contributed by atoms with Crippen molar-refractivity contribution in [2.45, 2.75) is 37.8 Å². The highest BCUT2D eigenvalue weighted by molar-refractivity contribution is 5.82. The number of hydrogen-bond donors (Lipinski definition) is 1. The van der Waals surface area contributed by atoms with Gasteiger partial charge in [-0.25, -0.2) is 4.98 Å². The van der Waals surface area contributed by atoms with Gasteiger partial charge in [0.25, 0.3) is 5.56 Å². The van der Waals surface area contributed by atoms with Gasteiger partial charge in [0.05, 0.1) is 23.8 Å². The van der Waals surface area contributed by atoms with Crippen LogP contribution in [0.15, 0.2) is 65.5 Å². The Morgan fingerprint density at radius 3 is 2.60 bits per heavy atom. The number of hydrogen-bond acceptors (Lipinski definition) is 4. The molecule has 1 N–H and O–H groups in total. The molecule has 4 nitrogen and oxygen atoms in total. The molecule has 0 bridgehead atoms. The first-order chi connectivity index (χ1) is 14.4. The van der Waals surface area contributed by atoms with Crippen molar-refractivity contribution in [3.63, 3.8) is 0 Å². The normalized spacial score (nSPS) is 19.3. The quantitative estimate of drug-likeness (QED) is 0.683. The summed E-state index contributed by atoms with van der Waals surface area (Å²) >= 11 is 0. The standard InChI is InChI=1S/C23H21F3N2O2/c24-23(25,26)20-7-4-8-21-19(20)10-9-16(22(29)28-21)11-17-12-18(13-27-17)30-14-15-5-2-1-3-6-15/h1-10,17-18,27H,11-14H2. The zero-order chi connectivity index (χ0) is 21.1. The molecule has 3 aromatic rings. The number of nitrogens with zero attached hydrogens (tertiary/aromatic N) is 1. The average Bonchev–Trinajstić information content (AvgIpc) is 3.10. The van der Waals surface area contributed by atoms with E-state index < -0.39 is 17.3 Å². The molecule has 0 spiro atoms. The Morgan fingerprint density at radius 1 is 1.03 bits per heavy atom. The molecule has 2 unspecified atom stereocenters. The van der Waals surface area contributed by atoms with Gasteiger partial charge in [-0.15, -0.1) is 0 Å². The van der Waals surface area contributed by atoms with Crippen LogP contribution in [0.5, 0.6) is 0 Å². The maximum atomic E-state index is 13.3. The molecule has 1 fully saturated rings. The molecule has 0 radical (unpaired) electrons. The molecule has 1 aliphatic heterocycles. The lowest BCUT2D eigenvalue weighted by Crippen LogP contribution is -2.26. The number of nitrogens with one attached hydrogen (secondary N) is 1. The molecular weight excluding hydrogens is 393 g/mol. The molecule has 1 aliphatic rings. The molecule has 0 amide bonds. The van der Waals surface area contributed by atoms with E-state index in [0.29, 0.717) is 25.1 Å². The SMILES string of the molecule is O=c1nc2cccc(C(F)(F)F)c2ccc1CC1CC(OCc2ccccc2)CN1. The lowest BCUT2D eigenvalue weighted by molar-refractivity contribution is -0.136. The number of halogens is 3. The van der Waals surface area contributed by atoms with Gasteiger partial charge in [-0.3, -0.25) is 4.79 Å². The highest BCUT2D eigenvalue weighted by Crippen LogP contribution is 2.33. The Labute approximate surface area is 171 Å². The van der Waals surface area contributed by atoms with Crippen LogP contribution in [0.3, 0.4) is 0 Å². The molecule has 2 heterocycles. The zero-order valence-electron chi connectivity index (χ0n) is 16.2. The van der Waals surface area contributed by atoms with E-state index >= 15 is 0 Å². The molecule has 2 atom stereocenters. The topological polar surface area (TPSA) is 51.2 Å². The Balaban J connectivity index is 1.48. The maximum Gasteiger partial charge on any atom is 0.417 e. The van der Waals surface area contributed by atoms with Gasteiger partial charge in [0, 0.05) is 23.5 Å². The van der Waals surface area contributed by atoms with Crippen molar-refractivity contribution in [1.29, 1.82) is 0 Å². The monoisotopic (exact) mass is 414 g/mol. The number of ether oxygens (including phenoxy) is 1. The van der Waals surface area contributed by atoms with Gasteiger partial charge in [-0.05, 0) is 30.5 Å². The summed E-state index contributed by atoms with van der Waals surface area (Å²) in [6.45, 7) is 1.18. The van der Waals surface area contributed by atoms with E-state index in [1.54, 1.807) is 0 Å². The van der Waals surface area contributed by atoms with Crippen molar-refractivity contribution in [2.75, 3.05) is 6.54 Å². The zero-order valence-corrected chi connectivity index (χ0v) is 16.2. The number of rotatable bonds is 5. The van der Waals surface area contributed by atoms with E-state index in [1.165, 1.54) is 24.3 Å². The summed E-state index contributed by atoms with van der Waals surface area (Å²) < 4.78 is 45.8. The van der Waals surface area contributed by atoms with Gasteiger partial charge in [-0.2, -0.15) is 13.2 Å². The summed E-state index contributed by atoms with van der Waals surface area (Å²) in [4.78, 5) is 16.5. The Bertz CT molecular complexity index is 1090. The van der Waals surface area contributed by atoms with Crippen molar-refractivity contribution in [2.24, 2.45) is 0 Å². The van der Waals surface area contributed by atoms with Crippen molar-refractivity contribution in [1.82, 2.24) is 10.3 Å². The van der Waals surface area contributed by atoms with Crippen LogP contribution in [0.25, 0.3) is 10.9 Å². The number of aromatic nitrogens is 1. The number of fused-ring (bicyclic) bond motifs is 1. The average molecular weight is 414 g/mol. The molecule has 156 valence electrons. The molecule has 30 heavy (non-hydrogen) atoms. The van der Waals surface area contributed by atoms with E-state index in [0.717, 1.165) is 18.1 Å². The summed E-state index contributed by atoms with van der Waals surface area (Å²) in [5.41, 5.74) is 0.237. The minimum absolute atomic E-state index is 0.00729. The smallest absolute Gasteiger partial charge is 0.372 e. The minimum atomic E-state index is -4.50. The predicted molar refractivity (Wildman–Crippen MR) is 108 cm³/mol. The summed E-state index contributed by atoms with van der Waals surface area (Å²) in [6.07, 6.45) is -3.38. The van der Waals surface area contributed by atoms with Gasteiger partial charge in [-0.1, -0.05) is 48.5 Å². The van der Waals surface area contributed by atoms with Crippen LogP contribution in [-0.4, -0.2) is 23.7 Å². The highest BCUT2D eigenvalue weighted by atomic mass is 19.4. The molecular formula is C23H21F3N2O2. The van der Waals surface area contributed by atoms with Crippen LogP contribution in [0.4, 0.5) is 13.2 Å². The van der Waals surface area contributed by atoms with Crippen molar-refractivity contribution in [3.05, 3.63) is 87.7 Å². The largest absolute Gasteiger partial charge is 0.417 e. The van der Waals surface area contributed by atoms with Gasteiger partial charge in [0.1, 0.15) is 0 Å². The maximum absolute atomic E-state index is 13.3. The first kappa shape index (κ1) is 20.5. The summed E-state index contributed by atoms with van der Waals surface area (Å²) in [6, 6.07) is 16.4. The highest BCUT2D eigenvalue weighted by Gasteiger charge is 2.32. The van der Waals surface area contributed by atoms with Crippen LogP contribution in [0, 0.1) is 0 Å². The van der Waals surface area contributed by atoms with E-state index in [2.05, 4.69) is 10.3 Å². The number of benzene rings is 2. The fourth-order valence-electron chi connectivity index (χ4n) is 3.78. The first-order valence-electron chi connectivity index (χ1n) is 9.79. The molecule has 1 aromatic heterocycles. The second-order valence-corrected chi connectivity index (χ2v) is 7.48. The second-order valence-electron chi connectivity index (χ2n) is 7.48. The van der Waals surface area contributed by atoms with Crippen molar-refractivity contribution >= 4 is 10.9 Å². The Morgan fingerprint density at radius 2 is 1.83 bits per heavy atom. The third kappa shape index (κ3) is 4.68. The summed E-state index contributed by atoms with van der Waals surface area (Å²) in [5.74, 6) is 0. The van der Waals surface area contributed by atoms with Crippen LogP contribution >= 0.6 is 0 Å². The molecule has 7 heteroatoms. The van der Waals surface area contributed by atoms with Crippen LogP contribution < -0.4 is 10.9 Å². The minimum Gasteiger partial charge on any atom is -0.372 e. The van der Waals surface area contributed by atoms with Crippen LogP contribution in [-0.2, 0) is 23.9 Å². The summed E-state index contributed by atoms with van der Waals surface area (Å²) in [5, 5.41) is 3.26. The van der Waals surface area contributed by atoms with Gasteiger partial charge in [0.2, 0.25) is 0 Å². The van der Waals surface area contributed by atoms with Crippen LogP contribution in [0.2, 0.25) is 0 Å². The van der Waals surface area contributed by atoms with E-state index in [-0.39, 0.29) is 23.0 Å².